The Balaban J connectivity index is 1.41. The lowest BCUT2D eigenvalue weighted by molar-refractivity contribution is 0.0546. The van der Waals surface area contributed by atoms with Crippen LogP contribution in [-0.2, 0) is 0 Å². The summed E-state index contributed by atoms with van der Waals surface area (Å²) in [7, 11) is 0. The van der Waals surface area contributed by atoms with E-state index in [0.717, 1.165) is 45.0 Å². The maximum atomic E-state index is 13.2. The molecule has 4 heterocycles. The zero-order valence-corrected chi connectivity index (χ0v) is 17.2. The van der Waals surface area contributed by atoms with Crippen LogP contribution in [0.2, 0.25) is 0 Å². The van der Waals surface area contributed by atoms with Crippen molar-refractivity contribution in [2.24, 2.45) is 0 Å². The Morgan fingerprint density at radius 1 is 0.821 bits per heavy atom. The molecule has 0 aromatic carbocycles. The predicted molar refractivity (Wildman–Crippen MR) is 112 cm³/mol. The molecule has 28 heavy (non-hydrogen) atoms. The number of nitrogens with zero attached hydrogens (tertiary/aromatic N) is 5. The van der Waals surface area contributed by atoms with Gasteiger partial charge in [0, 0.05) is 44.6 Å². The maximum Gasteiger partial charge on any atom is 0.257 e. The smallest absolute Gasteiger partial charge is 0.257 e. The first-order valence-corrected chi connectivity index (χ1v) is 11.4. The van der Waals surface area contributed by atoms with E-state index in [1.165, 1.54) is 64.5 Å². The molecule has 1 amide bonds. The first-order valence-electron chi connectivity index (χ1n) is 11.4. The summed E-state index contributed by atoms with van der Waals surface area (Å²) in [5.41, 5.74) is 0.642. The first kappa shape index (κ1) is 19.6. The molecule has 3 fully saturated rings. The Morgan fingerprint density at radius 3 is 2.14 bits per heavy atom. The number of rotatable bonds is 4. The summed E-state index contributed by atoms with van der Waals surface area (Å²) in [6.45, 7) is 6.32. The predicted octanol–water partition coefficient (Wildman–Crippen LogP) is 3.34. The molecule has 0 radical (unpaired) electrons. The molecule has 0 unspecified atom stereocenters. The molecule has 6 heteroatoms. The van der Waals surface area contributed by atoms with Crippen molar-refractivity contribution in [1.29, 1.82) is 0 Å². The van der Waals surface area contributed by atoms with Crippen molar-refractivity contribution in [3.05, 3.63) is 18.0 Å². The summed E-state index contributed by atoms with van der Waals surface area (Å²) in [6, 6.07) is 0.334. The molecule has 1 aromatic heterocycles. The summed E-state index contributed by atoms with van der Waals surface area (Å²) in [5.74, 6) is 0.890. The van der Waals surface area contributed by atoms with Crippen LogP contribution >= 0.6 is 0 Å². The fourth-order valence-electron chi connectivity index (χ4n) is 4.93. The standard InChI is InChI=1S/C22H35N5O/c28-21(19-16-23-22(24-17-19)26-13-7-3-8-14-26)27-15-9-4-10-20(27)18-25-11-5-1-2-6-12-25/h16-17,20H,1-15,18H2/t20-/m1/s1. The Morgan fingerprint density at radius 2 is 1.43 bits per heavy atom. The van der Waals surface area contributed by atoms with Crippen LogP contribution in [0, 0.1) is 0 Å². The lowest BCUT2D eigenvalue weighted by Gasteiger charge is -2.38. The van der Waals surface area contributed by atoms with E-state index in [0.29, 0.717) is 11.6 Å². The summed E-state index contributed by atoms with van der Waals surface area (Å²) in [4.78, 5) is 29.2. The van der Waals surface area contributed by atoms with Gasteiger partial charge in [0.2, 0.25) is 5.95 Å². The second kappa shape index (κ2) is 9.68. The number of aromatic nitrogens is 2. The monoisotopic (exact) mass is 385 g/mol. The SMILES string of the molecule is O=C(c1cnc(N2CCCCC2)nc1)N1CCCC[C@@H]1CN1CCCCCC1. The van der Waals surface area contributed by atoms with E-state index in [1.54, 1.807) is 12.4 Å². The summed E-state index contributed by atoms with van der Waals surface area (Å²) in [5, 5.41) is 0. The van der Waals surface area contributed by atoms with Crippen molar-refractivity contribution in [3.63, 3.8) is 0 Å². The van der Waals surface area contributed by atoms with E-state index < -0.39 is 0 Å². The van der Waals surface area contributed by atoms with Gasteiger partial charge in [-0.3, -0.25) is 4.79 Å². The Kier molecular flexibility index (Phi) is 6.78. The van der Waals surface area contributed by atoms with Gasteiger partial charge >= 0.3 is 0 Å². The third-order valence-corrected chi connectivity index (χ3v) is 6.58. The van der Waals surface area contributed by atoms with Crippen LogP contribution in [0.5, 0.6) is 0 Å². The van der Waals surface area contributed by atoms with Crippen LogP contribution in [0.1, 0.15) is 74.6 Å². The number of likely N-dealkylation sites (tertiary alicyclic amines) is 2. The molecule has 3 saturated heterocycles. The van der Waals surface area contributed by atoms with Gasteiger partial charge in [0.05, 0.1) is 5.56 Å². The molecule has 6 nitrogen and oxygen atoms in total. The van der Waals surface area contributed by atoms with Gasteiger partial charge in [-0.25, -0.2) is 9.97 Å². The van der Waals surface area contributed by atoms with Crippen molar-refractivity contribution in [2.45, 2.75) is 70.3 Å². The third kappa shape index (κ3) is 4.83. The highest BCUT2D eigenvalue weighted by Crippen LogP contribution is 2.22. The number of carbonyl (C=O) groups is 1. The van der Waals surface area contributed by atoms with E-state index in [1.807, 2.05) is 0 Å². The van der Waals surface area contributed by atoms with Crippen LogP contribution in [0.3, 0.4) is 0 Å². The van der Waals surface area contributed by atoms with Gasteiger partial charge in [-0.2, -0.15) is 0 Å². The molecule has 4 rings (SSSR count). The van der Waals surface area contributed by atoms with E-state index >= 15 is 0 Å². The number of hydrogen-bond acceptors (Lipinski definition) is 5. The van der Waals surface area contributed by atoms with Gasteiger partial charge < -0.3 is 14.7 Å². The molecule has 154 valence electrons. The molecule has 0 spiro atoms. The van der Waals surface area contributed by atoms with Crippen LogP contribution in [0.15, 0.2) is 12.4 Å². The van der Waals surface area contributed by atoms with Gasteiger partial charge in [-0.05, 0) is 64.5 Å². The highest BCUT2D eigenvalue weighted by atomic mass is 16.2. The molecule has 1 aromatic rings. The van der Waals surface area contributed by atoms with Crippen LogP contribution in [-0.4, -0.2) is 71.0 Å². The Hall–Kier alpha value is -1.69. The number of amides is 1. The average molecular weight is 386 g/mol. The second-order valence-electron chi connectivity index (χ2n) is 8.68. The van der Waals surface area contributed by atoms with E-state index in [2.05, 4.69) is 24.7 Å². The van der Waals surface area contributed by atoms with E-state index in [4.69, 9.17) is 0 Å². The van der Waals surface area contributed by atoms with Gasteiger partial charge in [0.25, 0.3) is 5.91 Å². The minimum Gasteiger partial charge on any atom is -0.341 e. The molecule has 0 bridgehead atoms. The van der Waals surface area contributed by atoms with Crippen molar-refractivity contribution in [3.8, 4) is 0 Å². The summed E-state index contributed by atoms with van der Waals surface area (Å²) in [6.07, 6.45) is 15.9. The minimum atomic E-state index is 0.115. The Labute approximate surface area is 169 Å². The van der Waals surface area contributed by atoms with Crippen molar-refractivity contribution in [2.75, 3.05) is 44.2 Å². The third-order valence-electron chi connectivity index (χ3n) is 6.58. The lowest BCUT2D eigenvalue weighted by Crippen LogP contribution is -2.49. The Bertz CT molecular complexity index is 620. The van der Waals surface area contributed by atoms with Gasteiger partial charge in [-0.1, -0.05) is 12.8 Å². The van der Waals surface area contributed by atoms with Crippen molar-refractivity contribution >= 4 is 11.9 Å². The lowest BCUT2D eigenvalue weighted by atomic mass is 10.0. The molecule has 0 aliphatic carbocycles. The largest absolute Gasteiger partial charge is 0.341 e. The summed E-state index contributed by atoms with van der Waals surface area (Å²) < 4.78 is 0. The minimum absolute atomic E-state index is 0.115. The molecule has 1 atom stereocenters. The number of anilines is 1. The van der Waals surface area contributed by atoms with Gasteiger partial charge in [0.1, 0.15) is 0 Å². The quantitative estimate of drug-likeness (QED) is 0.796. The maximum absolute atomic E-state index is 13.2. The second-order valence-corrected chi connectivity index (χ2v) is 8.68. The highest BCUT2D eigenvalue weighted by molar-refractivity contribution is 5.94. The molecule has 0 saturated carbocycles. The zero-order chi connectivity index (χ0) is 19.2. The molecular weight excluding hydrogens is 350 g/mol. The molecule has 3 aliphatic heterocycles. The summed E-state index contributed by atoms with van der Waals surface area (Å²) >= 11 is 0. The normalized spacial score (nSPS) is 24.8. The van der Waals surface area contributed by atoms with Crippen LogP contribution in [0.25, 0.3) is 0 Å². The first-order chi connectivity index (χ1) is 13.8. The zero-order valence-electron chi connectivity index (χ0n) is 17.2. The fourth-order valence-corrected chi connectivity index (χ4v) is 4.93. The number of hydrogen-bond donors (Lipinski definition) is 0. The topological polar surface area (TPSA) is 52.6 Å². The van der Waals surface area contributed by atoms with Crippen LogP contribution in [0.4, 0.5) is 5.95 Å². The van der Waals surface area contributed by atoms with Crippen molar-refractivity contribution < 1.29 is 4.79 Å². The van der Waals surface area contributed by atoms with Gasteiger partial charge in [-0.15, -0.1) is 0 Å². The van der Waals surface area contributed by atoms with Crippen LogP contribution < -0.4 is 4.90 Å². The van der Waals surface area contributed by atoms with E-state index in [-0.39, 0.29) is 5.91 Å². The number of piperidine rings is 2. The fraction of sp³-hybridized carbons (Fsp3) is 0.773. The van der Waals surface area contributed by atoms with Crippen molar-refractivity contribution in [1.82, 2.24) is 19.8 Å². The number of carbonyl (C=O) groups excluding carboxylic acids is 1. The highest BCUT2D eigenvalue weighted by Gasteiger charge is 2.29. The van der Waals surface area contributed by atoms with E-state index in [9.17, 15) is 4.79 Å². The molecule has 3 aliphatic rings. The molecular formula is C22H35N5O. The average Bonchev–Trinajstić information content (AvgIpc) is 3.03. The van der Waals surface area contributed by atoms with Gasteiger partial charge in [0.15, 0.2) is 0 Å². The molecule has 0 N–H and O–H groups in total.